The number of carbonyl (C=O) groups excluding carboxylic acids is 1. The monoisotopic (exact) mass is 401 g/mol. The van der Waals surface area contributed by atoms with E-state index in [1.54, 1.807) is 18.2 Å². The van der Waals surface area contributed by atoms with Crippen molar-refractivity contribution in [3.8, 4) is 11.3 Å². The van der Waals surface area contributed by atoms with Gasteiger partial charge in [-0.3, -0.25) is 4.79 Å². The number of halogens is 1. The fraction of sp³-hybridized carbons (Fsp3) is 0.545. The molecule has 2 heterocycles. The van der Waals surface area contributed by atoms with Crippen LogP contribution in [0.2, 0.25) is 0 Å². The topological polar surface area (TPSA) is 58.8 Å². The number of rotatable bonds is 7. The van der Waals surface area contributed by atoms with Gasteiger partial charge in [-0.05, 0) is 38.3 Å². The summed E-state index contributed by atoms with van der Waals surface area (Å²) in [5, 5.41) is 4.25. The van der Waals surface area contributed by atoms with E-state index >= 15 is 0 Å². The van der Waals surface area contributed by atoms with Crippen LogP contribution in [0.1, 0.15) is 38.7 Å². The molecule has 2 aliphatic rings. The van der Waals surface area contributed by atoms with E-state index in [2.05, 4.69) is 23.9 Å². The average molecular weight is 401 g/mol. The summed E-state index contributed by atoms with van der Waals surface area (Å²) < 4.78 is 25.8. The van der Waals surface area contributed by atoms with Crippen LogP contribution in [0.15, 0.2) is 28.8 Å². The van der Waals surface area contributed by atoms with Gasteiger partial charge in [-0.15, -0.1) is 0 Å². The van der Waals surface area contributed by atoms with Gasteiger partial charge in [0.15, 0.2) is 0 Å². The number of hydrogen-bond donors (Lipinski definition) is 0. The lowest BCUT2D eigenvalue weighted by Crippen LogP contribution is -2.40. The van der Waals surface area contributed by atoms with Crippen LogP contribution < -0.4 is 4.90 Å². The first-order chi connectivity index (χ1) is 14.1. The molecule has 29 heavy (non-hydrogen) atoms. The highest BCUT2D eigenvalue weighted by molar-refractivity contribution is 5.82. The van der Waals surface area contributed by atoms with Crippen molar-refractivity contribution < 1.29 is 18.4 Å². The molecular weight excluding hydrogens is 373 g/mol. The standard InChI is InChI=1S/C22H28FN3O3/c1-3-15(2)26(21(27)16-8-9-16)14-18-20(17-6-4-5-7-19(17)23)24-29-22(18)25-10-12-28-13-11-25/h4-7,15-16H,3,8-14H2,1-2H3/t15-/m0/s1. The number of anilines is 1. The van der Waals surface area contributed by atoms with Crippen molar-refractivity contribution in [2.45, 2.75) is 45.7 Å². The molecule has 4 rings (SSSR count). The Morgan fingerprint density at radius 2 is 2.03 bits per heavy atom. The van der Waals surface area contributed by atoms with Crippen LogP contribution in [0.25, 0.3) is 11.3 Å². The van der Waals surface area contributed by atoms with E-state index in [1.165, 1.54) is 6.07 Å². The molecular formula is C22H28FN3O3. The second kappa shape index (κ2) is 8.53. The number of hydrogen-bond acceptors (Lipinski definition) is 5. The highest BCUT2D eigenvalue weighted by atomic mass is 19.1. The van der Waals surface area contributed by atoms with Crippen LogP contribution in [-0.4, -0.2) is 48.3 Å². The Kier molecular flexibility index (Phi) is 5.85. The van der Waals surface area contributed by atoms with Gasteiger partial charge in [0.1, 0.15) is 11.5 Å². The van der Waals surface area contributed by atoms with Crippen molar-refractivity contribution in [3.63, 3.8) is 0 Å². The summed E-state index contributed by atoms with van der Waals surface area (Å²) in [4.78, 5) is 17.0. The van der Waals surface area contributed by atoms with Gasteiger partial charge in [-0.2, -0.15) is 0 Å². The van der Waals surface area contributed by atoms with Crippen molar-refractivity contribution in [1.29, 1.82) is 0 Å². The Morgan fingerprint density at radius 1 is 1.31 bits per heavy atom. The van der Waals surface area contributed by atoms with E-state index in [0.29, 0.717) is 50.0 Å². The molecule has 0 N–H and O–H groups in total. The van der Waals surface area contributed by atoms with Gasteiger partial charge in [0.2, 0.25) is 11.8 Å². The molecule has 1 atom stereocenters. The second-order valence-corrected chi connectivity index (χ2v) is 7.89. The van der Waals surface area contributed by atoms with Crippen molar-refractivity contribution in [2.24, 2.45) is 5.92 Å². The molecule has 1 saturated carbocycles. The van der Waals surface area contributed by atoms with E-state index in [1.807, 2.05) is 4.90 Å². The summed E-state index contributed by atoms with van der Waals surface area (Å²) in [5.41, 5.74) is 1.64. The number of nitrogens with zero attached hydrogens (tertiary/aromatic N) is 3. The van der Waals surface area contributed by atoms with Gasteiger partial charge in [0, 0.05) is 30.6 Å². The normalized spacial score (nSPS) is 18.0. The zero-order valence-electron chi connectivity index (χ0n) is 17.1. The van der Waals surface area contributed by atoms with E-state index in [4.69, 9.17) is 9.26 Å². The lowest BCUT2D eigenvalue weighted by Gasteiger charge is -2.31. The van der Waals surface area contributed by atoms with Crippen LogP contribution >= 0.6 is 0 Å². The van der Waals surface area contributed by atoms with E-state index < -0.39 is 0 Å². The molecule has 0 unspecified atom stereocenters. The van der Waals surface area contributed by atoms with E-state index in [-0.39, 0.29) is 23.7 Å². The Balaban J connectivity index is 1.74. The maximum atomic E-state index is 14.6. The summed E-state index contributed by atoms with van der Waals surface area (Å²) in [6.07, 6.45) is 2.75. The molecule has 6 nitrogen and oxygen atoms in total. The van der Waals surface area contributed by atoms with Crippen LogP contribution in [0.4, 0.5) is 10.3 Å². The lowest BCUT2D eigenvalue weighted by molar-refractivity contribution is -0.135. The molecule has 0 bridgehead atoms. The van der Waals surface area contributed by atoms with Crippen LogP contribution in [0.3, 0.4) is 0 Å². The molecule has 2 fully saturated rings. The fourth-order valence-electron chi connectivity index (χ4n) is 3.73. The molecule has 1 aliphatic heterocycles. The minimum Gasteiger partial charge on any atom is -0.378 e. The fourth-order valence-corrected chi connectivity index (χ4v) is 3.73. The molecule has 156 valence electrons. The first kappa shape index (κ1) is 19.9. The molecule has 1 saturated heterocycles. The molecule has 0 spiro atoms. The van der Waals surface area contributed by atoms with Crippen molar-refractivity contribution in [2.75, 3.05) is 31.2 Å². The van der Waals surface area contributed by atoms with Gasteiger partial charge < -0.3 is 19.1 Å². The van der Waals surface area contributed by atoms with Gasteiger partial charge in [-0.1, -0.05) is 24.2 Å². The quantitative estimate of drug-likeness (QED) is 0.705. The summed E-state index contributed by atoms with van der Waals surface area (Å²) >= 11 is 0. The maximum Gasteiger partial charge on any atom is 0.233 e. The number of ether oxygens (including phenoxy) is 1. The number of amides is 1. The summed E-state index contributed by atoms with van der Waals surface area (Å²) in [7, 11) is 0. The first-order valence-corrected chi connectivity index (χ1v) is 10.5. The highest BCUT2D eigenvalue weighted by Gasteiger charge is 2.37. The van der Waals surface area contributed by atoms with E-state index in [9.17, 15) is 9.18 Å². The Bertz CT molecular complexity index is 859. The Labute approximate surface area is 170 Å². The third-order valence-electron chi connectivity index (χ3n) is 5.86. The number of morpholine rings is 1. The number of benzene rings is 1. The predicted molar refractivity (Wildman–Crippen MR) is 108 cm³/mol. The second-order valence-electron chi connectivity index (χ2n) is 7.89. The van der Waals surface area contributed by atoms with Gasteiger partial charge in [-0.25, -0.2) is 4.39 Å². The molecule has 1 aromatic carbocycles. The average Bonchev–Trinajstić information content (AvgIpc) is 3.52. The van der Waals surface area contributed by atoms with Crippen LogP contribution in [-0.2, 0) is 16.1 Å². The number of carbonyl (C=O) groups is 1. The minimum atomic E-state index is -0.348. The lowest BCUT2D eigenvalue weighted by atomic mass is 10.0. The molecule has 1 aromatic heterocycles. The van der Waals surface area contributed by atoms with Gasteiger partial charge in [0.25, 0.3) is 0 Å². The third kappa shape index (κ3) is 4.15. The Hall–Kier alpha value is -2.41. The minimum absolute atomic E-state index is 0.0870. The van der Waals surface area contributed by atoms with Gasteiger partial charge >= 0.3 is 0 Å². The van der Waals surface area contributed by atoms with E-state index in [0.717, 1.165) is 24.8 Å². The molecule has 7 heteroatoms. The summed E-state index contributed by atoms with van der Waals surface area (Å²) in [6.45, 7) is 7.06. The zero-order valence-corrected chi connectivity index (χ0v) is 17.1. The largest absolute Gasteiger partial charge is 0.378 e. The molecule has 2 aromatic rings. The third-order valence-corrected chi connectivity index (χ3v) is 5.86. The van der Waals surface area contributed by atoms with Crippen molar-refractivity contribution >= 4 is 11.8 Å². The SMILES string of the molecule is CC[C@H](C)N(Cc1c(-c2ccccc2F)noc1N1CCOCC1)C(=O)C1CC1. The molecule has 1 aliphatic carbocycles. The first-order valence-electron chi connectivity index (χ1n) is 10.5. The molecule has 0 radical (unpaired) electrons. The predicted octanol–water partition coefficient (Wildman–Crippen LogP) is 3.85. The van der Waals surface area contributed by atoms with Crippen molar-refractivity contribution in [1.82, 2.24) is 10.1 Å². The van der Waals surface area contributed by atoms with Crippen LogP contribution in [0, 0.1) is 11.7 Å². The van der Waals surface area contributed by atoms with Crippen molar-refractivity contribution in [3.05, 3.63) is 35.6 Å². The zero-order chi connectivity index (χ0) is 20.4. The number of aromatic nitrogens is 1. The smallest absolute Gasteiger partial charge is 0.233 e. The Morgan fingerprint density at radius 3 is 2.69 bits per heavy atom. The van der Waals surface area contributed by atoms with Crippen LogP contribution in [0.5, 0.6) is 0 Å². The summed E-state index contributed by atoms with van der Waals surface area (Å²) in [5.74, 6) is 0.559. The summed E-state index contributed by atoms with van der Waals surface area (Å²) in [6, 6.07) is 6.65. The highest BCUT2D eigenvalue weighted by Crippen LogP contribution is 2.37. The van der Waals surface area contributed by atoms with Gasteiger partial charge in [0.05, 0.1) is 25.3 Å². The molecule has 1 amide bonds. The maximum absolute atomic E-state index is 14.6.